The third kappa shape index (κ3) is 1.42. The Morgan fingerprint density at radius 2 is 2.29 bits per heavy atom. The lowest BCUT2D eigenvalue weighted by atomic mass is 10.4. The van der Waals surface area contributed by atoms with Crippen molar-refractivity contribution in [1.82, 2.24) is 29.1 Å². The van der Waals surface area contributed by atoms with Gasteiger partial charge in [0.15, 0.2) is 17.2 Å². The summed E-state index contributed by atoms with van der Waals surface area (Å²) in [5.41, 5.74) is 0.0649. The van der Waals surface area contributed by atoms with Crippen LogP contribution in [0.4, 0.5) is 0 Å². The molecule has 3 rings (SSSR count). The van der Waals surface area contributed by atoms with Gasteiger partial charge in [0.05, 0.1) is 6.20 Å². The maximum absolute atomic E-state index is 11.1. The summed E-state index contributed by atoms with van der Waals surface area (Å²) in [7, 11) is 0. The van der Waals surface area contributed by atoms with Crippen molar-refractivity contribution in [1.29, 1.82) is 0 Å². The van der Waals surface area contributed by atoms with Crippen LogP contribution in [0.25, 0.3) is 11.5 Å². The van der Waals surface area contributed by atoms with Crippen LogP contribution in [-0.4, -0.2) is 40.2 Å². The zero-order valence-corrected chi connectivity index (χ0v) is 8.43. The first kappa shape index (κ1) is 9.46. The first-order valence-corrected chi connectivity index (χ1v) is 4.68. The molecule has 3 aromatic heterocycles. The topological polar surface area (TPSA) is 98.2 Å². The number of aromatic nitrogens is 6. The highest BCUT2D eigenvalue weighted by molar-refractivity contribution is 5.92. The second kappa shape index (κ2) is 3.37. The Bertz CT molecular complexity index is 687. The predicted molar refractivity (Wildman–Crippen MR) is 54.9 cm³/mol. The number of carboxylic acids is 1. The Morgan fingerprint density at radius 3 is 3.00 bits per heavy atom. The molecule has 8 heteroatoms. The molecule has 0 aromatic carbocycles. The molecule has 0 aliphatic rings. The molecule has 0 spiro atoms. The maximum Gasteiger partial charge on any atom is 0.358 e. The quantitative estimate of drug-likeness (QED) is 0.665. The molecule has 84 valence electrons. The second-order valence-electron chi connectivity index (χ2n) is 3.25. The maximum atomic E-state index is 11.1. The molecule has 1 N–H and O–H groups in total. The van der Waals surface area contributed by atoms with Gasteiger partial charge in [0.2, 0.25) is 0 Å². The van der Waals surface area contributed by atoms with Crippen molar-refractivity contribution in [3.05, 3.63) is 36.9 Å². The number of nitrogens with zero attached hydrogens (tertiary/aromatic N) is 6. The van der Waals surface area contributed by atoms with Crippen LogP contribution in [-0.2, 0) is 0 Å². The summed E-state index contributed by atoms with van der Waals surface area (Å²) in [6, 6.07) is 0. The third-order valence-corrected chi connectivity index (χ3v) is 2.22. The average molecular weight is 230 g/mol. The van der Waals surface area contributed by atoms with Gasteiger partial charge in [-0.2, -0.15) is 5.10 Å². The highest BCUT2D eigenvalue weighted by Crippen LogP contribution is 2.09. The Kier molecular flexibility index (Phi) is 1.87. The first-order chi connectivity index (χ1) is 8.25. The van der Waals surface area contributed by atoms with E-state index in [1.807, 2.05) is 0 Å². The van der Waals surface area contributed by atoms with E-state index in [0.29, 0.717) is 5.82 Å². The lowest BCUT2D eigenvalue weighted by Gasteiger charge is -2.03. The van der Waals surface area contributed by atoms with Gasteiger partial charge < -0.3 is 5.11 Å². The van der Waals surface area contributed by atoms with Gasteiger partial charge in [-0.1, -0.05) is 0 Å². The lowest BCUT2D eigenvalue weighted by molar-refractivity contribution is 0.0692. The van der Waals surface area contributed by atoms with Gasteiger partial charge in [0.1, 0.15) is 12.7 Å². The number of fused-ring (bicyclic) bond motifs is 1. The van der Waals surface area contributed by atoms with Gasteiger partial charge in [-0.25, -0.2) is 24.3 Å². The summed E-state index contributed by atoms with van der Waals surface area (Å²) in [5, 5.41) is 13.0. The van der Waals surface area contributed by atoms with Gasteiger partial charge in [0.25, 0.3) is 0 Å². The summed E-state index contributed by atoms with van der Waals surface area (Å²) >= 11 is 0. The van der Waals surface area contributed by atoms with E-state index in [-0.39, 0.29) is 11.3 Å². The highest BCUT2D eigenvalue weighted by Gasteiger charge is 2.15. The Hall–Kier alpha value is -2.77. The summed E-state index contributed by atoms with van der Waals surface area (Å²) in [5.74, 6) is -0.733. The molecule has 3 heterocycles. The second-order valence-corrected chi connectivity index (χ2v) is 3.25. The fourth-order valence-corrected chi connectivity index (χ4v) is 1.48. The van der Waals surface area contributed by atoms with Crippen molar-refractivity contribution in [3.63, 3.8) is 0 Å². The van der Waals surface area contributed by atoms with Crippen LogP contribution in [0.15, 0.2) is 31.2 Å². The van der Waals surface area contributed by atoms with Gasteiger partial charge in [-0.05, 0) is 0 Å². The highest BCUT2D eigenvalue weighted by atomic mass is 16.4. The van der Waals surface area contributed by atoms with Gasteiger partial charge in [-0.15, -0.1) is 0 Å². The van der Waals surface area contributed by atoms with E-state index >= 15 is 0 Å². The van der Waals surface area contributed by atoms with E-state index < -0.39 is 5.97 Å². The van der Waals surface area contributed by atoms with Crippen LogP contribution >= 0.6 is 0 Å². The molecule has 8 nitrogen and oxygen atoms in total. The van der Waals surface area contributed by atoms with Crippen LogP contribution in [0, 0.1) is 0 Å². The molecule has 0 unspecified atom stereocenters. The summed E-state index contributed by atoms with van der Waals surface area (Å²) < 4.78 is 2.96. The molecule has 0 saturated carbocycles. The zero-order chi connectivity index (χ0) is 11.8. The normalized spacial score (nSPS) is 10.8. The number of imidazole rings is 1. The number of hydrogen-bond acceptors (Lipinski definition) is 5. The fraction of sp³-hybridized carbons (Fsp3) is 0. The van der Waals surface area contributed by atoms with Gasteiger partial charge in [-0.3, -0.25) is 4.57 Å². The van der Waals surface area contributed by atoms with E-state index in [1.54, 1.807) is 23.2 Å². The Balaban J connectivity index is 2.31. The van der Waals surface area contributed by atoms with Crippen LogP contribution in [0.5, 0.6) is 0 Å². The number of hydrogen-bond donors (Lipinski definition) is 1. The van der Waals surface area contributed by atoms with Crippen LogP contribution in [0.2, 0.25) is 0 Å². The van der Waals surface area contributed by atoms with E-state index in [0.717, 1.165) is 0 Å². The first-order valence-electron chi connectivity index (χ1n) is 4.68. The molecule has 0 bridgehead atoms. The van der Waals surface area contributed by atoms with Gasteiger partial charge >= 0.3 is 5.97 Å². The summed E-state index contributed by atoms with van der Waals surface area (Å²) in [6.45, 7) is 0. The molecule has 17 heavy (non-hydrogen) atoms. The van der Waals surface area contributed by atoms with Crippen molar-refractivity contribution in [2.45, 2.75) is 0 Å². The van der Waals surface area contributed by atoms with E-state index in [2.05, 4.69) is 20.1 Å². The summed E-state index contributed by atoms with van der Waals surface area (Å²) in [4.78, 5) is 22.8. The van der Waals surface area contributed by atoms with E-state index in [4.69, 9.17) is 5.11 Å². The SMILES string of the molecule is O=C(O)c1nc(-n2ccnc2)cn2ncnc12. The van der Waals surface area contributed by atoms with Crippen molar-refractivity contribution < 1.29 is 9.90 Å². The number of carbonyl (C=O) groups is 1. The molecule has 0 amide bonds. The van der Waals surface area contributed by atoms with E-state index in [9.17, 15) is 4.79 Å². The predicted octanol–water partition coefficient (Wildman–Crippen LogP) is 0.00820. The largest absolute Gasteiger partial charge is 0.476 e. The summed E-state index contributed by atoms with van der Waals surface area (Å²) in [6.07, 6.45) is 7.62. The monoisotopic (exact) mass is 230 g/mol. The number of rotatable bonds is 2. The van der Waals surface area contributed by atoms with Crippen molar-refractivity contribution >= 4 is 11.6 Å². The van der Waals surface area contributed by atoms with Crippen LogP contribution in [0.3, 0.4) is 0 Å². The standard InChI is InChI=1S/C9H6N6O2/c16-9(17)7-8-11-4-12-15(8)3-6(13-7)14-2-1-10-5-14/h1-5H,(H,16,17). The zero-order valence-electron chi connectivity index (χ0n) is 8.43. The minimum absolute atomic E-state index is 0.145. The molecule has 0 fully saturated rings. The van der Waals surface area contributed by atoms with Crippen LogP contribution in [0.1, 0.15) is 10.5 Å². The van der Waals surface area contributed by atoms with Crippen molar-refractivity contribution in [3.8, 4) is 5.82 Å². The molecule has 0 radical (unpaired) electrons. The number of aromatic carboxylic acids is 1. The smallest absolute Gasteiger partial charge is 0.358 e. The minimum atomic E-state index is -1.15. The molecule has 0 atom stereocenters. The van der Waals surface area contributed by atoms with Gasteiger partial charge in [0, 0.05) is 12.4 Å². The van der Waals surface area contributed by atoms with Crippen molar-refractivity contribution in [2.75, 3.05) is 0 Å². The Labute approximate surface area is 94.2 Å². The lowest BCUT2D eigenvalue weighted by Crippen LogP contribution is -2.09. The van der Waals surface area contributed by atoms with Crippen LogP contribution < -0.4 is 0 Å². The van der Waals surface area contributed by atoms with E-state index in [1.165, 1.54) is 17.2 Å². The van der Waals surface area contributed by atoms with Crippen molar-refractivity contribution in [2.24, 2.45) is 0 Å². The Morgan fingerprint density at radius 1 is 1.41 bits per heavy atom. The molecular formula is C9H6N6O2. The third-order valence-electron chi connectivity index (χ3n) is 2.22. The average Bonchev–Trinajstić information content (AvgIpc) is 2.98. The minimum Gasteiger partial charge on any atom is -0.476 e. The fourth-order valence-electron chi connectivity index (χ4n) is 1.48. The molecule has 3 aromatic rings. The molecule has 0 saturated heterocycles. The molecule has 0 aliphatic heterocycles. The molecular weight excluding hydrogens is 224 g/mol. The number of carboxylic acid groups (broad SMARTS) is 1. The molecule has 0 aliphatic carbocycles.